The maximum Gasteiger partial charge on any atom is 0.257 e. The van der Waals surface area contributed by atoms with Crippen LogP contribution in [0.25, 0.3) is 10.8 Å². The maximum atomic E-state index is 12.9. The van der Waals surface area contributed by atoms with Crippen LogP contribution in [-0.4, -0.2) is 53.4 Å². The molecule has 1 heterocycles. The summed E-state index contributed by atoms with van der Waals surface area (Å²) in [6.07, 6.45) is 1.87. The zero-order chi connectivity index (χ0) is 17.6. The molecule has 0 aromatic heterocycles. The largest absolute Gasteiger partial charge is 0.507 e. The van der Waals surface area contributed by atoms with Gasteiger partial charge in [0.2, 0.25) is 0 Å². The summed E-state index contributed by atoms with van der Waals surface area (Å²) in [5.41, 5.74) is 0.129. The highest BCUT2D eigenvalue weighted by Gasteiger charge is 2.56. The van der Waals surface area contributed by atoms with Crippen molar-refractivity contribution in [2.45, 2.75) is 31.5 Å². The Labute approximate surface area is 146 Å². The van der Waals surface area contributed by atoms with Crippen molar-refractivity contribution in [1.29, 1.82) is 0 Å². The Balaban J connectivity index is 1.54. The fraction of sp³-hybridized carbons (Fsp3) is 0.450. The van der Waals surface area contributed by atoms with Crippen LogP contribution in [0.5, 0.6) is 5.75 Å². The standard InChI is InChI=1S/C20H23NO4/c1-25-18-12-17(23)20(18)6-8-21(9-7-20)19(24)15-10-13-4-2-3-5-14(13)11-16(15)22/h2-5,10-11,17-18,22-23H,6-9,12H2,1H3/t17-,18+/m0/s1. The van der Waals surface area contributed by atoms with Gasteiger partial charge in [0.15, 0.2) is 0 Å². The van der Waals surface area contributed by atoms with Gasteiger partial charge >= 0.3 is 0 Å². The molecule has 2 N–H and O–H groups in total. The minimum atomic E-state index is -0.344. The Morgan fingerprint density at radius 3 is 2.44 bits per heavy atom. The number of carbonyl (C=O) groups is 1. The first kappa shape index (κ1) is 16.4. The average Bonchev–Trinajstić information content (AvgIpc) is 2.65. The molecular weight excluding hydrogens is 318 g/mol. The number of phenols is 1. The van der Waals surface area contributed by atoms with Gasteiger partial charge in [-0.1, -0.05) is 24.3 Å². The third kappa shape index (κ3) is 2.50. The molecule has 2 fully saturated rings. The number of hydrogen-bond acceptors (Lipinski definition) is 4. The summed E-state index contributed by atoms with van der Waals surface area (Å²) >= 11 is 0. The minimum absolute atomic E-state index is 0.0161. The van der Waals surface area contributed by atoms with E-state index in [0.29, 0.717) is 25.1 Å². The van der Waals surface area contributed by atoms with Crippen LogP contribution < -0.4 is 0 Å². The lowest BCUT2D eigenvalue weighted by Crippen LogP contribution is -2.62. The van der Waals surface area contributed by atoms with E-state index in [4.69, 9.17) is 4.74 Å². The molecule has 0 bridgehead atoms. The predicted octanol–water partition coefficient (Wildman–Crippen LogP) is 2.55. The van der Waals surface area contributed by atoms with Gasteiger partial charge in [0.25, 0.3) is 5.91 Å². The van der Waals surface area contributed by atoms with Gasteiger partial charge in [0.05, 0.1) is 17.8 Å². The maximum absolute atomic E-state index is 12.9. The smallest absolute Gasteiger partial charge is 0.257 e. The number of nitrogens with zero attached hydrogens (tertiary/aromatic N) is 1. The molecule has 132 valence electrons. The molecule has 2 aliphatic rings. The molecule has 5 nitrogen and oxygen atoms in total. The van der Waals surface area contributed by atoms with Crippen molar-refractivity contribution in [3.63, 3.8) is 0 Å². The van der Waals surface area contributed by atoms with Crippen molar-refractivity contribution in [2.24, 2.45) is 5.41 Å². The van der Waals surface area contributed by atoms with E-state index in [2.05, 4.69) is 0 Å². The summed E-state index contributed by atoms with van der Waals surface area (Å²) in [5.74, 6) is -0.136. The topological polar surface area (TPSA) is 70.0 Å². The second-order valence-corrected chi connectivity index (χ2v) is 7.22. The molecule has 0 unspecified atom stereocenters. The van der Waals surface area contributed by atoms with Crippen LogP contribution in [0.15, 0.2) is 36.4 Å². The van der Waals surface area contributed by atoms with Crippen molar-refractivity contribution >= 4 is 16.7 Å². The van der Waals surface area contributed by atoms with E-state index in [-0.39, 0.29) is 29.3 Å². The Morgan fingerprint density at radius 1 is 1.20 bits per heavy atom. The third-order valence-corrected chi connectivity index (χ3v) is 6.10. The van der Waals surface area contributed by atoms with Gasteiger partial charge in [-0.25, -0.2) is 0 Å². The van der Waals surface area contributed by atoms with Crippen LogP contribution in [0.3, 0.4) is 0 Å². The van der Waals surface area contributed by atoms with Gasteiger partial charge in [-0.3, -0.25) is 4.79 Å². The van der Waals surface area contributed by atoms with Gasteiger partial charge in [0, 0.05) is 32.0 Å². The van der Waals surface area contributed by atoms with E-state index >= 15 is 0 Å². The third-order valence-electron chi connectivity index (χ3n) is 6.10. The van der Waals surface area contributed by atoms with Crippen LogP contribution in [0, 0.1) is 5.41 Å². The average molecular weight is 341 g/mol. The van der Waals surface area contributed by atoms with Gasteiger partial charge in [-0.2, -0.15) is 0 Å². The number of aromatic hydroxyl groups is 1. The second kappa shape index (κ2) is 6.00. The minimum Gasteiger partial charge on any atom is -0.507 e. The van der Waals surface area contributed by atoms with Gasteiger partial charge in [0.1, 0.15) is 5.75 Å². The lowest BCUT2D eigenvalue weighted by Gasteiger charge is -2.56. The lowest BCUT2D eigenvalue weighted by atomic mass is 9.58. The number of likely N-dealkylation sites (tertiary alicyclic amines) is 1. The number of aliphatic hydroxyl groups is 1. The molecule has 1 aliphatic heterocycles. The van der Waals surface area contributed by atoms with Crippen molar-refractivity contribution in [3.05, 3.63) is 42.0 Å². The lowest BCUT2D eigenvalue weighted by molar-refractivity contribution is -0.199. The highest BCUT2D eigenvalue weighted by Crippen LogP contribution is 2.50. The summed E-state index contributed by atoms with van der Waals surface area (Å²) < 4.78 is 5.49. The molecule has 2 atom stereocenters. The summed E-state index contributed by atoms with van der Waals surface area (Å²) in [4.78, 5) is 14.7. The predicted molar refractivity (Wildman–Crippen MR) is 94.6 cm³/mol. The van der Waals surface area contributed by atoms with E-state index in [1.165, 1.54) is 0 Å². The van der Waals surface area contributed by atoms with E-state index in [9.17, 15) is 15.0 Å². The first-order chi connectivity index (χ1) is 12.0. The molecule has 2 aromatic carbocycles. The quantitative estimate of drug-likeness (QED) is 0.881. The van der Waals surface area contributed by atoms with E-state index in [0.717, 1.165) is 23.6 Å². The molecule has 2 aromatic rings. The number of aliphatic hydroxyl groups excluding tert-OH is 1. The number of fused-ring (bicyclic) bond motifs is 1. The number of piperidine rings is 1. The van der Waals surface area contributed by atoms with Gasteiger partial charge in [-0.15, -0.1) is 0 Å². The van der Waals surface area contributed by atoms with E-state index in [1.807, 2.05) is 24.3 Å². The Morgan fingerprint density at radius 2 is 1.84 bits per heavy atom. The zero-order valence-electron chi connectivity index (χ0n) is 14.3. The van der Waals surface area contributed by atoms with Crippen molar-refractivity contribution in [3.8, 4) is 5.75 Å². The highest BCUT2D eigenvalue weighted by atomic mass is 16.5. The Bertz CT molecular complexity index is 810. The first-order valence-electron chi connectivity index (χ1n) is 8.77. The highest BCUT2D eigenvalue weighted by molar-refractivity contribution is 6.01. The number of methoxy groups -OCH3 is 1. The molecule has 1 aliphatic carbocycles. The van der Waals surface area contributed by atoms with Crippen molar-refractivity contribution in [1.82, 2.24) is 4.90 Å². The van der Waals surface area contributed by atoms with Gasteiger partial charge in [-0.05, 0) is 35.7 Å². The summed E-state index contributed by atoms with van der Waals surface area (Å²) in [7, 11) is 1.68. The monoisotopic (exact) mass is 341 g/mol. The summed E-state index contributed by atoms with van der Waals surface area (Å²) in [6, 6.07) is 11.1. The molecule has 1 saturated heterocycles. The molecule has 25 heavy (non-hydrogen) atoms. The van der Waals surface area contributed by atoms with E-state index < -0.39 is 0 Å². The number of amides is 1. The second-order valence-electron chi connectivity index (χ2n) is 7.22. The summed E-state index contributed by atoms with van der Waals surface area (Å²) in [5, 5.41) is 22.3. The molecule has 5 heteroatoms. The van der Waals surface area contributed by atoms with Crippen LogP contribution in [0.1, 0.15) is 29.6 Å². The molecule has 1 saturated carbocycles. The fourth-order valence-corrected chi connectivity index (χ4v) is 4.41. The number of phenolic OH excluding ortho intramolecular Hbond substituents is 1. The van der Waals surface area contributed by atoms with Crippen LogP contribution >= 0.6 is 0 Å². The molecule has 4 rings (SSSR count). The van der Waals surface area contributed by atoms with Crippen LogP contribution in [0.4, 0.5) is 0 Å². The molecule has 1 amide bonds. The van der Waals surface area contributed by atoms with Crippen molar-refractivity contribution < 1.29 is 19.7 Å². The van der Waals surface area contributed by atoms with E-state index in [1.54, 1.807) is 24.1 Å². The first-order valence-corrected chi connectivity index (χ1v) is 8.77. The summed E-state index contributed by atoms with van der Waals surface area (Å²) in [6.45, 7) is 1.14. The Kier molecular flexibility index (Phi) is 3.93. The number of rotatable bonds is 2. The molecule has 0 radical (unpaired) electrons. The SMILES string of the molecule is CO[C@@H]1C[C@H](O)C12CCN(C(=O)c1cc3ccccc3cc1O)CC2. The molecule has 1 spiro atoms. The number of hydrogen-bond donors (Lipinski definition) is 2. The fourth-order valence-electron chi connectivity index (χ4n) is 4.41. The number of carbonyl (C=O) groups excluding carboxylic acids is 1. The van der Waals surface area contributed by atoms with Crippen molar-refractivity contribution in [2.75, 3.05) is 20.2 Å². The normalized spacial score (nSPS) is 25.1. The number of ether oxygens (including phenoxy) is 1. The Hall–Kier alpha value is -2.11. The van der Waals surface area contributed by atoms with Crippen LogP contribution in [-0.2, 0) is 4.74 Å². The zero-order valence-corrected chi connectivity index (χ0v) is 14.3. The number of benzene rings is 2. The van der Waals surface area contributed by atoms with Gasteiger partial charge < -0.3 is 19.8 Å². The molecular formula is C20H23NO4. The van der Waals surface area contributed by atoms with Crippen LogP contribution in [0.2, 0.25) is 0 Å².